The van der Waals surface area contributed by atoms with Crippen molar-refractivity contribution in [2.24, 2.45) is 0 Å². The van der Waals surface area contributed by atoms with Gasteiger partial charge < -0.3 is 155 Å². The van der Waals surface area contributed by atoms with Gasteiger partial charge in [-0.05, 0) is 0 Å². The first-order valence-electron chi connectivity index (χ1n) is 24.1. The van der Waals surface area contributed by atoms with E-state index in [0.29, 0.717) is 0 Å². The van der Waals surface area contributed by atoms with Crippen LogP contribution in [0.25, 0.3) is 0 Å². The van der Waals surface area contributed by atoms with Crippen LogP contribution in [0.3, 0.4) is 0 Å². The van der Waals surface area contributed by atoms with Gasteiger partial charge in [0.25, 0.3) is 0 Å². The predicted octanol–water partition coefficient (Wildman–Crippen LogP) is -13.7. The fraction of sp³-hybridized carbons (Fsp3) is 0.929. The molecule has 440 valence electrons. The zero-order valence-electron chi connectivity index (χ0n) is 40.9. The van der Waals surface area contributed by atoms with E-state index in [0.717, 1.165) is 20.8 Å². The lowest BCUT2D eigenvalue weighted by molar-refractivity contribution is -0.396. The largest absolute Gasteiger partial charge is 0.394 e. The van der Waals surface area contributed by atoms with Crippen LogP contribution in [0.5, 0.6) is 0 Å². The molecule has 0 bridgehead atoms. The highest BCUT2D eigenvalue weighted by molar-refractivity contribution is 5.74. The summed E-state index contributed by atoms with van der Waals surface area (Å²) >= 11 is 0. The molecule has 0 aromatic carbocycles. The number of aliphatic hydroxyl groups is 17. The number of rotatable bonds is 19. The Kier molecular flexibility index (Phi) is 22.3. The fourth-order valence-corrected chi connectivity index (χ4v) is 9.58. The maximum absolute atomic E-state index is 12.5. The number of amides is 3. The van der Waals surface area contributed by atoms with Crippen molar-refractivity contribution >= 4 is 17.7 Å². The topological polar surface area (TPSA) is 533 Å². The molecule has 34 nitrogen and oxygen atoms in total. The highest BCUT2D eigenvalue weighted by Gasteiger charge is 2.58. The summed E-state index contributed by atoms with van der Waals surface area (Å²) < 4.78 is 64.8. The van der Waals surface area contributed by atoms with Gasteiger partial charge in [0.05, 0.1) is 39.6 Å². The summed E-state index contributed by atoms with van der Waals surface area (Å²) in [5.41, 5.74) is 0. The minimum Gasteiger partial charge on any atom is -0.394 e. The Labute approximate surface area is 431 Å². The van der Waals surface area contributed by atoms with E-state index in [9.17, 15) is 101 Å². The lowest BCUT2D eigenvalue weighted by Gasteiger charge is -2.50. The molecule has 20 N–H and O–H groups in total. The highest BCUT2D eigenvalue weighted by atomic mass is 16.8. The lowest BCUT2D eigenvalue weighted by atomic mass is 9.94. The third kappa shape index (κ3) is 13.7. The van der Waals surface area contributed by atoms with Gasteiger partial charge in [-0.3, -0.25) is 14.4 Å². The zero-order chi connectivity index (χ0) is 56.2. The van der Waals surface area contributed by atoms with Crippen LogP contribution >= 0.6 is 0 Å². The maximum Gasteiger partial charge on any atom is 0.217 e. The molecule has 6 aliphatic heterocycles. The van der Waals surface area contributed by atoms with Crippen molar-refractivity contribution in [2.75, 3.05) is 39.6 Å². The quantitative estimate of drug-likeness (QED) is 0.0571. The highest BCUT2D eigenvalue weighted by Crippen LogP contribution is 2.37. The Morgan fingerprint density at radius 2 is 0.632 bits per heavy atom. The van der Waals surface area contributed by atoms with Gasteiger partial charge in [-0.1, -0.05) is 0 Å². The van der Waals surface area contributed by atoms with Gasteiger partial charge >= 0.3 is 0 Å². The average Bonchev–Trinajstić information content (AvgIpc) is 3.37. The molecule has 6 fully saturated rings. The van der Waals surface area contributed by atoms with E-state index >= 15 is 0 Å². The monoisotopic (exact) mass is 1110 g/mol. The predicted molar refractivity (Wildman–Crippen MR) is 234 cm³/mol. The van der Waals surface area contributed by atoms with Crippen LogP contribution in [0.1, 0.15) is 20.8 Å². The average molecular weight is 1110 g/mol. The standard InChI is InChI=1S/C42H71N3O31/c1-10(51)43-19-27(59)22(54)13(4-46)68-38(19)73-33-18(9-66-41-35(30(62)25(57)16(7-49)71-41)75-39-20(44-11(2)52)28(60)23(55)14(5-47)69-39)67-37(65)32(64)34(33)74-42-36(31(63)26(58)17(8-50)72-42)76-40-21(45-12(3)53)29(61)24(56)15(6-48)70-40/h13-42,46-50,54-65H,4-9H2,1-3H3,(H,43,51)(H,44,52)(H,45,53)/t13-,14-,15-,16-,17-,18-,19-,20-,21-,22-,23-,24-,25-,26-,27-,28-,29-,30+,31+,32+,33-,34-,35+,36+,37-,38+,39+,40+,41+,42-/m1/s1. The number of carbonyl (C=O) groups excluding carboxylic acids is 3. The number of ether oxygens (including phenoxy) is 11. The van der Waals surface area contributed by atoms with Gasteiger partial charge in [0, 0.05) is 20.8 Å². The molecule has 0 unspecified atom stereocenters. The molecule has 6 rings (SSSR count). The summed E-state index contributed by atoms with van der Waals surface area (Å²) in [6, 6.07) is -5.07. The van der Waals surface area contributed by atoms with E-state index in [-0.39, 0.29) is 0 Å². The van der Waals surface area contributed by atoms with Crippen LogP contribution in [0.2, 0.25) is 0 Å². The van der Waals surface area contributed by atoms with Crippen LogP contribution in [0.15, 0.2) is 0 Å². The molecule has 0 aromatic rings. The van der Waals surface area contributed by atoms with E-state index in [1.165, 1.54) is 0 Å². The Hall–Kier alpha value is -2.71. The SMILES string of the molecule is CC(=O)N[C@H]1[C@H](O[C@@H]2[C@@H](OC[C@H]3O[C@@H](O)[C@@H](O)[C@@H](O[C@H]4O[C@H](CO)[C@@H](O)[C@H](O)[C@@H]4O[C@@H]4O[C@H](CO)[C@@H](O)[C@H](O)[C@H]4NC(C)=O)[C@@H]3O[C@@H]3O[C@H](CO)[C@@H](O)[C@H](O)[C@H]3NC(C)=O)O[C@H](CO)[C@@H](O)[C@@H]2O)O[C@H](CO)[C@@H](O)[C@@H]1O. The zero-order valence-corrected chi connectivity index (χ0v) is 40.9. The number of hydrogen-bond donors (Lipinski definition) is 20. The van der Waals surface area contributed by atoms with E-state index in [1.807, 2.05) is 0 Å². The first-order valence-corrected chi connectivity index (χ1v) is 24.1. The second-order valence-corrected chi connectivity index (χ2v) is 19.0. The van der Waals surface area contributed by atoms with Crippen molar-refractivity contribution in [1.29, 1.82) is 0 Å². The number of nitrogens with one attached hydrogen (secondary N) is 3. The van der Waals surface area contributed by atoms with Crippen molar-refractivity contribution < 1.29 is 153 Å². The van der Waals surface area contributed by atoms with Crippen molar-refractivity contribution in [3.05, 3.63) is 0 Å². The third-order valence-corrected chi connectivity index (χ3v) is 13.6. The Balaban J connectivity index is 1.39. The first-order chi connectivity index (χ1) is 35.9. The van der Waals surface area contributed by atoms with Gasteiger partial charge in [0.1, 0.15) is 146 Å². The molecular weight excluding hydrogens is 1040 g/mol. The van der Waals surface area contributed by atoms with E-state index in [1.54, 1.807) is 0 Å². The van der Waals surface area contributed by atoms with Crippen LogP contribution in [-0.4, -0.2) is 328 Å². The molecule has 3 amide bonds. The van der Waals surface area contributed by atoms with Gasteiger partial charge in [-0.15, -0.1) is 0 Å². The van der Waals surface area contributed by atoms with Crippen LogP contribution in [0, 0.1) is 0 Å². The van der Waals surface area contributed by atoms with Crippen molar-refractivity contribution in [3.63, 3.8) is 0 Å². The molecule has 6 heterocycles. The minimum absolute atomic E-state index is 0.780. The summed E-state index contributed by atoms with van der Waals surface area (Å²) in [4.78, 5) is 37.0. The minimum atomic E-state index is -2.37. The second kappa shape index (κ2) is 27.2. The summed E-state index contributed by atoms with van der Waals surface area (Å²) in [6.45, 7) is -2.81. The lowest BCUT2D eigenvalue weighted by Crippen LogP contribution is -2.70. The van der Waals surface area contributed by atoms with Gasteiger partial charge in [0.2, 0.25) is 17.7 Å². The molecule has 0 aromatic heterocycles. The van der Waals surface area contributed by atoms with Crippen molar-refractivity contribution in [3.8, 4) is 0 Å². The molecule has 0 radical (unpaired) electrons. The Morgan fingerprint density at radius 3 is 0.974 bits per heavy atom. The van der Waals surface area contributed by atoms with Crippen LogP contribution in [0.4, 0.5) is 0 Å². The Bertz CT molecular complexity index is 1870. The molecule has 0 aliphatic carbocycles. The maximum atomic E-state index is 12.5. The summed E-state index contributed by atoms with van der Waals surface area (Å²) in [5.74, 6) is -2.42. The molecule has 34 heteroatoms. The van der Waals surface area contributed by atoms with Gasteiger partial charge in [-0.25, -0.2) is 0 Å². The summed E-state index contributed by atoms with van der Waals surface area (Å²) in [6.07, 6.45) is -52.9. The van der Waals surface area contributed by atoms with Crippen molar-refractivity contribution in [1.82, 2.24) is 16.0 Å². The Morgan fingerprint density at radius 1 is 0.342 bits per heavy atom. The van der Waals surface area contributed by atoms with E-state index in [2.05, 4.69) is 16.0 Å². The molecule has 0 spiro atoms. The summed E-state index contributed by atoms with van der Waals surface area (Å²) in [5, 5.41) is 190. The second-order valence-electron chi connectivity index (χ2n) is 19.0. The smallest absolute Gasteiger partial charge is 0.217 e. The third-order valence-electron chi connectivity index (χ3n) is 13.6. The van der Waals surface area contributed by atoms with Gasteiger partial charge in [0.15, 0.2) is 37.7 Å². The van der Waals surface area contributed by atoms with Crippen LogP contribution < -0.4 is 16.0 Å². The van der Waals surface area contributed by atoms with Crippen molar-refractivity contribution in [2.45, 2.75) is 205 Å². The van der Waals surface area contributed by atoms with E-state index in [4.69, 9.17) is 52.1 Å². The fourth-order valence-electron chi connectivity index (χ4n) is 9.58. The molecule has 6 saturated heterocycles. The van der Waals surface area contributed by atoms with Gasteiger partial charge in [-0.2, -0.15) is 0 Å². The molecule has 6 aliphatic rings. The number of carbonyl (C=O) groups is 3. The first kappa shape index (κ1) is 62.5. The molecule has 30 atom stereocenters. The number of hydrogen-bond acceptors (Lipinski definition) is 31. The normalized spacial score (nSPS) is 48.2. The van der Waals surface area contributed by atoms with E-state index < -0.39 is 241 Å². The number of aliphatic hydroxyl groups excluding tert-OH is 17. The van der Waals surface area contributed by atoms with Crippen LogP contribution in [-0.2, 0) is 66.5 Å². The molecule has 76 heavy (non-hydrogen) atoms. The molecule has 0 saturated carbocycles. The summed E-state index contributed by atoms with van der Waals surface area (Å²) in [7, 11) is 0. The molecular formula is C42H71N3O31.